The van der Waals surface area contributed by atoms with Crippen LogP contribution in [0.15, 0.2) is 42.6 Å². The molecule has 0 amide bonds. The van der Waals surface area contributed by atoms with Gasteiger partial charge in [-0.3, -0.25) is 0 Å². The average molecular weight is 291 g/mol. The van der Waals surface area contributed by atoms with Crippen molar-refractivity contribution in [1.29, 1.82) is 5.26 Å². The monoisotopic (exact) mass is 291 g/mol. The predicted molar refractivity (Wildman–Crippen MR) is 85.9 cm³/mol. The SMILES string of the molecule is COc1ccc(-c2nc3c(C)cccn3c2C(C)C#N)cc1. The number of hydrogen-bond acceptors (Lipinski definition) is 3. The molecule has 0 fully saturated rings. The van der Waals surface area contributed by atoms with E-state index in [1.165, 1.54) is 0 Å². The van der Waals surface area contributed by atoms with Crippen molar-refractivity contribution in [3.63, 3.8) is 0 Å². The highest BCUT2D eigenvalue weighted by Crippen LogP contribution is 2.31. The zero-order chi connectivity index (χ0) is 15.7. The number of nitrogens with zero attached hydrogens (tertiary/aromatic N) is 3. The average Bonchev–Trinajstić information content (AvgIpc) is 2.95. The van der Waals surface area contributed by atoms with Crippen molar-refractivity contribution in [3.8, 4) is 23.1 Å². The summed E-state index contributed by atoms with van der Waals surface area (Å²) in [6, 6.07) is 14.1. The number of nitriles is 1. The van der Waals surface area contributed by atoms with E-state index < -0.39 is 0 Å². The van der Waals surface area contributed by atoms with Crippen molar-refractivity contribution >= 4 is 5.65 Å². The summed E-state index contributed by atoms with van der Waals surface area (Å²) in [4.78, 5) is 4.78. The first-order chi connectivity index (χ1) is 10.7. The number of fused-ring (bicyclic) bond motifs is 1. The highest BCUT2D eigenvalue weighted by molar-refractivity contribution is 5.69. The maximum atomic E-state index is 9.38. The third kappa shape index (κ3) is 2.21. The van der Waals surface area contributed by atoms with Crippen LogP contribution in [0.5, 0.6) is 5.75 Å². The van der Waals surface area contributed by atoms with E-state index in [1.807, 2.05) is 60.8 Å². The number of benzene rings is 1. The molecular formula is C18H17N3O. The first-order valence-corrected chi connectivity index (χ1v) is 7.17. The van der Waals surface area contributed by atoms with Gasteiger partial charge in [-0.05, 0) is 49.7 Å². The van der Waals surface area contributed by atoms with Gasteiger partial charge in [-0.25, -0.2) is 4.98 Å². The van der Waals surface area contributed by atoms with Gasteiger partial charge in [0.1, 0.15) is 11.4 Å². The Bertz CT molecular complexity index is 856. The second kappa shape index (κ2) is 5.53. The molecule has 2 aromatic heterocycles. The summed E-state index contributed by atoms with van der Waals surface area (Å²) in [7, 11) is 1.65. The Morgan fingerprint density at radius 2 is 1.95 bits per heavy atom. The molecular weight excluding hydrogens is 274 g/mol. The van der Waals surface area contributed by atoms with Crippen molar-refractivity contribution in [2.75, 3.05) is 7.11 Å². The van der Waals surface area contributed by atoms with Gasteiger partial charge in [-0.15, -0.1) is 0 Å². The third-order valence-corrected chi connectivity index (χ3v) is 3.85. The highest BCUT2D eigenvalue weighted by atomic mass is 16.5. The fraction of sp³-hybridized carbons (Fsp3) is 0.222. The van der Waals surface area contributed by atoms with Crippen LogP contribution in [-0.2, 0) is 0 Å². The van der Waals surface area contributed by atoms with E-state index in [0.717, 1.165) is 33.9 Å². The zero-order valence-electron chi connectivity index (χ0n) is 12.9. The minimum atomic E-state index is -0.242. The molecule has 0 N–H and O–H groups in total. The van der Waals surface area contributed by atoms with Gasteiger partial charge in [-0.2, -0.15) is 5.26 Å². The Kier molecular flexibility index (Phi) is 3.56. The lowest BCUT2D eigenvalue weighted by Crippen LogP contribution is -1.98. The highest BCUT2D eigenvalue weighted by Gasteiger charge is 2.19. The Balaban J connectivity index is 2.27. The Morgan fingerprint density at radius 1 is 1.23 bits per heavy atom. The molecule has 3 rings (SSSR count). The van der Waals surface area contributed by atoms with E-state index in [0.29, 0.717) is 0 Å². The summed E-state index contributed by atoms with van der Waals surface area (Å²) in [5.41, 5.74) is 4.75. The Morgan fingerprint density at radius 3 is 2.59 bits per heavy atom. The van der Waals surface area contributed by atoms with Crippen LogP contribution in [0.4, 0.5) is 0 Å². The summed E-state index contributed by atoms with van der Waals surface area (Å²) in [6.45, 7) is 3.93. The van der Waals surface area contributed by atoms with E-state index in [1.54, 1.807) is 7.11 Å². The second-order valence-electron chi connectivity index (χ2n) is 5.31. The smallest absolute Gasteiger partial charge is 0.140 e. The molecule has 2 heterocycles. The molecule has 1 atom stereocenters. The number of ether oxygens (including phenoxy) is 1. The summed E-state index contributed by atoms with van der Waals surface area (Å²) < 4.78 is 7.22. The fourth-order valence-electron chi connectivity index (χ4n) is 2.66. The summed E-state index contributed by atoms with van der Waals surface area (Å²) >= 11 is 0. The predicted octanol–water partition coefficient (Wildman–Crippen LogP) is 3.95. The van der Waals surface area contributed by atoms with Gasteiger partial charge < -0.3 is 9.14 Å². The van der Waals surface area contributed by atoms with E-state index in [-0.39, 0.29) is 5.92 Å². The van der Waals surface area contributed by atoms with Crippen LogP contribution in [0.25, 0.3) is 16.9 Å². The number of rotatable bonds is 3. The van der Waals surface area contributed by atoms with Crippen LogP contribution in [-0.4, -0.2) is 16.5 Å². The van der Waals surface area contributed by atoms with Crippen LogP contribution in [0.2, 0.25) is 0 Å². The van der Waals surface area contributed by atoms with Gasteiger partial charge in [0.2, 0.25) is 0 Å². The lowest BCUT2D eigenvalue weighted by molar-refractivity contribution is 0.415. The molecule has 0 aliphatic rings. The van der Waals surface area contributed by atoms with Gasteiger partial charge in [0.05, 0.1) is 30.5 Å². The van der Waals surface area contributed by atoms with Crippen molar-refractivity contribution in [2.24, 2.45) is 0 Å². The van der Waals surface area contributed by atoms with Crippen molar-refractivity contribution in [1.82, 2.24) is 9.38 Å². The fourth-order valence-corrected chi connectivity index (χ4v) is 2.66. The molecule has 0 radical (unpaired) electrons. The summed E-state index contributed by atoms with van der Waals surface area (Å²) in [6.07, 6.45) is 1.96. The van der Waals surface area contributed by atoms with E-state index >= 15 is 0 Å². The molecule has 4 nitrogen and oxygen atoms in total. The summed E-state index contributed by atoms with van der Waals surface area (Å²) in [5, 5.41) is 9.38. The number of aromatic nitrogens is 2. The Labute approximate surface area is 129 Å². The summed E-state index contributed by atoms with van der Waals surface area (Å²) in [5.74, 6) is 0.562. The normalized spacial score (nSPS) is 12.1. The Hall–Kier alpha value is -2.80. The van der Waals surface area contributed by atoms with Crippen LogP contribution in [0.1, 0.15) is 24.1 Å². The van der Waals surface area contributed by atoms with Gasteiger partial charge in [-0.1, -0.05) is 6.07 Å². The van der Waals surface area contributed by atoms with Gasteiger partial charge in [0.15, 0.2) is 0 Å². The number of aryl methyl sites for hydroxylation is 1. The molecule has 1 unspecified atom stereocenters. The molecule has 0 spiro atoms. The largest absolute Gasteiger partial charge is 0.497 e. The van der Waals surface area contributed by atoms with Crippen molar-refractivity contribution in [3.05, 3.63) is 53.9 Å². The molecule has 1 aromatic carbocycles. The zero-order valence-corrected chi connectivity index (χ0v) is 12.9. The maximum absolute atomic E-state index is 9.38. The molecule has 0 saturated carbocycles. The minimum absolute atomic E-state index is 0.242. The number of pyridine rings is 1. The van der Waals surface area contributed by atoms with E-state index in [2.05, 4.69) is 6.07 Å². The first kappa shape index (κ1) is 14.2. The molecule has 22 heavy (non-hydrogen) atoms. The van der Waals surface area contributed by atoms with Gasteiger partial charge in [0.25, 0.3) is 0 Å². The third-order valence-electron chi connectivity index (χ3n) is 3.85. The molecule has 3 aromatic rings. The molecule has 0 aliphatic heterocycles. The van der Waals surface area contributed by atoms with Crippen LogP contribution in [0.3, 0.4) is 0 Å². The topological polar surface area (TPSA) is 50.3 Å². The van der Waals surface area contributed by atoms with Gasteiger partial charge in [0, 0.05) is 11.8 Å². The maximum Gasteiger partial charge on any atom is 0.140 e. The molecule has 4 heteroatoms. The molecule has 110 valence electrons. The van der Waals surface area contributed by atoms with Crippen LogP contribution < -0.4 is 4.74 Å². The number of hydrogen-bond donors (Lipinski definition) is 0. The quantitative estimate of drug-likeness (QED) is 0.734. The van der Waals surface area contributed by atoms with Crippen molar-refractivity contribution < 1.29 is 4.74 Å². The molecule has 0 saturated heterocycles. The molecule has 0 aliphatic carbocycles. The second-order valence-corrected chi connectivity index (χ2v) is 5.31. The minimum Gasteiger partial charge on any atom is -0.497 e. The number of methoxy groups -OCH3 is 1. The van der Waals surface area contributed by atoms with E-state index in [9.17, 15) is 5.26 Å². The van der Waals surface area contributed by atoms with Crippen molar-refractivity contribution in [2.45, 2.75) is 19.8 Å². The lowest BCUT2D eigenvalue weighted by atomic mass is 10.0. The number of imidazole rings is 1. The van der Waals surface area contributed by atoms with Gasteiger partial charge >= 0.3 is 0 Å². The standard InChI is InChI=1S/C18H17N3O/c1-12-5-4-10-21-17(13(2)11-19)16(20-18(12)21)14-6-8-15(22-3)9-7-14/h4-10,13H,1-3H3. The van der Waals surface area contributed by atoms with Crippen LogP contribution in [0, 0.1) is 18.3 Å². The lowest BCUT2D eigenvalue weighted by Gasteiger charge is -2.07. The van der Waals surface area contributed by atoms with Crippen LogP contribution >= 0.6 is 0 Å². The first-order valence-electron chi connectivity index (χ1n) is 7.17. The van der Waals surface area contributed by atoms with E-state index in [4.69, 9.17) is 9.72 Å². The molecule has 0 bridgehead atoms.